The Morgan fingerprint density at radius 2 is 0.738 bits per heavy atom. The van der Waals surface area contributed by atoms with E-state index in [1.165, 1.54) is 49.6 Å². The van der Waals surface area contributed by atoms with E-state index in [2.05, 4.69) is 234 Å². The van der Waals surface area contributed by atoms with Gasteiger partial charge in [0, 0.05) is 49.4 Å². The Hall–Kier alpha value is -8.14. The Balaban J connectivity index is 0.957. The molecular formula is C58H38N2O. The molecule has 0 aliphatic heterocycles. The van der Waals surface area contributed by atoms with E-state index in [0.717, 1.165) is 61.0 Å². The molecule has 61 heavy (non-hydrogen) atoms. The second-order valence-corrected chi connectivity index (χ2v) is 15.7. The van der Waals surface area contributed by atoms with Crippen LogP contribution < -0.4 is 4.90 Å². The fraction of sp³-hybridized carbons (Fsp3) is 0. The Morgan fingerprint density at radius 3 is 1.34 bits per heavy atom. The molecule has 3 heteroatoms. The maximum absolute atomic E-state index is 6.48. The van der Waals surface area contributed by atoms with Crippen LogP contribution in [0, 0.1) is 0 Å². The summed E-state index contributed by atoms with van der Waals surface area (Å²) in [6.07, 6.45) is 0. The van der Waals surface area contributed by atoms with Crippen LogP contribution in [0.2, 0.25) is 0 Å². The lowest BCUT2D eigenvalue weighted by molar-refractivity contribution is 0.672. The van der Waals surface area contributed by atoms with Crippen LogP contribution in [0.1, 0.15) is 0 Å². The van der Waals surface area contributed by atoms with E-state index in [1.807, 2.05) is 6.07 Å². The van der Waals surface area contributed by atoms with Crippen molar-refractivity contribution >= 4 is 71.6 Å². The van der Waals surface area contributed by atoms with Gasteiger partial charge in [-0.1, -0.05) is 164 Å². The molecular weight excluding hydrogens is 741 g/mol. The zero-order valence-corrected chi connectivity index (χ0v) is 33.2. The minimum Gasteiger partial charge on any atom is -0.455 e. The predicted molar refractivity (Wildman–Crippen MR) is 257 cm³/mol. The molecule has 0 aliphatic rings. The van der Waals surface area contributed by atoms with Crippen LogP contribution >= 0.6 is 0 Å². The molecule has 0 saturated carbocycles. The lowest BCUT2D eigenvalue weighted by Gasteiger charge is -2.26. The van der Waals surface area contributed by atoms with Crippen LogP contribution in [0.5, 0.6) is 0 Å². The molecule has 0 unspecified atom stereocenters. The minimum absolute atomic E-state index is 0.905. The number of nitrogens with zero attached hydrogens (tertiary/aromatic N) is 2. The highest BCUT2D eigenvalue weighted by molar-refractivity contribution is 6.19. The van der Waals surface area contributed by atoms with Gasteiger partial charge in [-0.15, -0.1) is 0 Å². The smallest absolute Gasteiger partial charge is 0.143 e. The minimum atomic E-state index is 0.905. The Morgan fingerprint density at radius 1 is 0.295 bits per heavy atom. The Kier molecular flexibility index (Phi) is 8.17. The summed E-state index contributed by atoms with van der Waals surface area (Å²) in [5.74, 6) is 0. The van der Waals surface area contributed by atoms with Crippen molar-refractivity contribution in [2.24, 2.45) is 0 Å². The summed E-state index contributed by atoms with van der Waals surface area (Å²) < 4.78 is 8.92. The summed E-state index contributed by atoms with van der Waals surface area (Å²) in [5, 5.41) is 6.97. The van der Waals surface area contributed by atoms with Gasteiger partial charge >= 0.3 is 0 Å². The van der Waals surface area contributed by atoms with Crippen molar-refractivity contribution in [2.75, 3.05) is 4.90 Å². The van der Waals surface area contributed by atoms with Gasteiger partial charge in [0.1, 0.15) is 11.2 Å². The zero-order chi connectivity index (χ0) is 40.3. The molecule has 10 aromatic carbocycles. The first-order chi connectivity index (χ1) is 30.2. The molecule has 0 bridgehead atoms. The highest BCUT2D eigenvalue weighted by Crippen LogP contribution is 2.42. The molecule has 0 spiro atoms. The van der Waals surface area contributed by atoms with Crippen molar-refractivity contribution in [3.8, 4) is 39.1 Å². The fourth-order valence-corrected chi connectivity index (χ4v) is 9.24. The lowest BCUT2D eigenvalue weighted by Crippen LogP contribution is -2.09. The number of hydrogen-bond acceptors (Lipinski definition) is 2. The van der Waals surface area contributed by atoms with Crippen molar-refractivity contribution < 1.29 is 4.42 Å². The van der Waals surface area contributed by atoms with Crippen LogP contribution in [0.4, 0.5) is 17.1 Å². The predicted octanol–water partition coefficient (Wildman–Crippen LogP) is 16.3. The number of furan rings is 1. The molecule has 0 atom stereocenters. The van der Waals surface area contributed by atoms with Crippen molar-refractivity contribution in [2.45, 2.75) is 0 Å². The van der Waals surface area contributed by atoms with Crippen LogP contribution in [0.25, 0.3) is 93.6 Å². The summed E-state index contributed by atoms with van der Waals surface area (Å²) in [6.45, 7) is 0. The third-order valence-electron chi connectivity index (χ3n) is 12.2. The van der Waals surface area contributed by atoms with Crippen molar-refractivity contribution in [1.82, 2.24) is 4.57 Å². The molecule has 286 valence electrons. The Labute approximate surface area is 353 Å². The van der Waals surface area contributed by atoms with E-state index in [9.17, 15) is 0 Å². The van der Waals surface area contributed by atoms with E-state index in [4.69, 9.17) is 4.42 Å². The topological polar surface area (TPSA) is 21.3 Å². The highest BCUT2D eigenvalue weighted by Gasteiger charge is 2.20. The zero-order valence-electron chi connectivity index (χ0n) is 33.2. The van der Waals surface area contributed by atoms with Gasteiger partial charge in [-0.05, 0) is 100 Å². The van der Waals surface area contributed by atoms with Gasteiger partial charge in [-0.2, -0.15) is 0 Å². The van der Waals surface area contributed by atoms with E-state index in [1.54, 1.807) is 0 Å². The summed E-state index contributed by atoms with van der Waals surface area (Å²) in [4.78, 5) is 2.34. The standard InChI is InChI=1S/C58H38N2O/c1-3-13-39(14-4-1)41-23-30-45(31-24-41)59(46-32-25-42(26-33-46)40-15-5-2-6-16-40)47-34-27-43(28-35-47)44-29-36-55-52(37-44)49-18-9-11-21-54(49)60(55)56-38-53-50-19-10-12-22-57(50)61-58(53)51-20-8-7-17-48(51)56/h1-38H. The summed E-state index contributed by atoms with van der Waals surface area (Å²) in [5.41, 5.74) is 15.8. The summed E-state index contributed by atoms with van der Waals surface area (Å²) in [6, 6.07) is 82.8. The number of anilines is 3. The van der Waals surface area contributed by atoms with Gasteiger partial charge < -0.3 is 13.9 Å². The van der Waals surface area contributed by atoms with E-state index >= 15 is 0 Å². The molecule has 2 aromatic heterocycles. The molecule has 12 rings (SSSR count). The highest BCUT2D eigenvalue weighted by atomic mass is 16.3. The van der Waals surface area contributed by atoms with Crippen molar-refractivity contribution in [1.29, 1.82) is 0 Å². The first-order valence-corrected chi connectivity index (χ1v) is 20.8. The first kappa shape index (κ1) is 34.9. The third kappa shape index (κ3) is 5.90. The van der Waals surface area contributed by atoms with Crippen LogP contribution in [0.3, 0.4) is 0 Å². The fourth-order valence-electron chi connectivity index (χ4n) is 9.24. The van der Waals surface area contributed by atoms with Gasteiger partial charge in [0.25, 0.3) is 0 Å². The quantitative estimate of drug-likeness (QED) is 0.161. The molecule has 0 saturated heterocycles. The van der Waals surface area contributed by atoms with Crippen LogP contribution in [-0.2, 0) is 0 Å². The summed E-state index contributed by atoms with van der Waals surface area (Å²) >= 11 is 0. The molecule has 0 fully saturated rings. The maximum atomic E-state index is 6.48. The number of benzene rings is 10. The van der Waals surface area contributed by atoms with Crippen LogP contribution in [-0.4, -0.2) is 4.57 Å². The van der Waals surface area contributed by atoms with Gasteiger partial charge in [0.05, 0.1) is 16.7 Å². The molecule has 3 nitrogen and oxygen atoms in total. The average molecular weight is 779 g/mol. The lowest BCUT2D eigenvalue weighted by atomic mass is 10.0. The number of rotatable bonds is 7. The first-order valence-electron chi connectivity index (χ1n) is 20.8. The molecule has 12 aromatic rings. The Bertz CT molecular complexity index is 3460. The van der Waals surface area contributed by atoms with E-state index in [0.29, 0.717) is 0 Å². The molecule has 0 N–H and O–H groups in total. The number of fused-ring (bicyclic) bond motifs is 8. The maximum Gasteiger partial charge on any atom is 0.143 e. The average Bonchev–Trinajstić information content (AvgIpc) is 3.88. The molecule has 0 radical (unpaired) electrons. The number of hydrogen-bond donors (Lipinski definition) is 0. The van der Waals surface area contributed by atoms with E-state index in [-0.39, 0.29) is 0 Å². The molecule has 2 heterocycles. The monoisotopic (exact) mass is 778 g/mol. The summed E-state index contributed by atoms with van der Waals surface area (Å²) in [7, 11) is 0. The number of para-hydroxylation sites is 2. The third-order valence-corrected chi connectivity index (χ3v) is 12.2. The van der Waals surface area contributed by atoms with Gasteiger partial charge in [0.2, 0.25) is 0 Å². The van der Waals surface area contributed by atoms with Crippen molar-refractivity contribution in [3.63, 3.8) is 0 Å². The van der Waals surface area contributed by atoms with Crippen LogP contribution in [0.15, 0.2) is 235 Å². The second-order valence-electron chi connectivity index (χ2n) is 15.7. The van der Waals surface area contributed by atoms with Gasteiger partial charge in [0.15, 0.2) is 0 Å². The molecule has 0 aliphatic carbocycles. The number of aromatic nitrogens is 1. The van der Waals surface area contributed by atoms with Gasteiger partial charge in [-0.3, -0.25) is 0 Å². The molecule has 0 amide bonds. The SMILES string of the molecule is c1ccc(-c2ccc(N(c3ccc(-c4ccccc4)cc3)c3ccc(-c4ccc5c(c4)c4ccccc4n5-c4cc5c6ccccc6oc5c5ccccc45)cc3)cc2)cc1. The second kappa shape index (κ2) is 14.3. The largest absolute Gasteiger partial charge is 0.455 e. The van der Waals surface area contributed by atoms with E-state index < -0.39 is 0 Å². The van der Waals surface area contributed by atoms with Gasteiger partial charge in [-0.25, -0.2) is 0 Å². The normalized spacial score (nSPS) is 11.6. The van der Waals surface area contributed by atoms with Crippen molar-refractivity contribution in [3.05, 3.63) is 231 Å².